The summed E-state index contributed by atoms with van der Waals surface area (Å²) in [5.41, 5.74) is -1.59. The number of carbonyl (C=O) groups excluding carboxylic acids is 2. The Kier molecular flexibility index (Phi) is 15.9. The zero-order chi connectivity index (χ0) is 46.9. The van der Waals surface area contributed by atoms with Crippen LogP contribution in [0.15, 0.2) is 0 Å². The summed E-state index contributed by atoms with van der Waals surface area (Å²) < 4.78 is 290. The maximum Gasteiger partial charge on any atom is 0.460 e. The number of alkyl halides is 21. The molecule has 0 aromatic rings. The summed E-state index contributed by atoms with van der Waals surface area (Å²) in [5, 5.41) is 25.1. The number of hydrogen-bond acceptors (Lipinski definition) is 6. The second kappa shape index (κ2) is 17.4. The fraction of sp³-hybridized carbons (Fsp3) is 0.931. The molecule has 59 heavy (non-hydrogen) atoms. The van der Waals surface area contributed by atoms with E-state index in [1.165, 1.54) is 4.90 Å². The number of nitrogens with one attached hydrogen (secondary N) is 3. The molecule has 0 aliphatic heterocycles. The summed E-state index contributed by atoms with van der Waals surface area (Å²) in [6.07, 6.45) is -12.6. The van der Waals surface area contributed by atoms with E-state index in [0.717, 1.165) is 0 Å². The molecule has 1 fully saturated rings. The van der Waals surface area contributed by atoms with Gasteiger partial charge in [0.1, 0.15) is 0 Å². The van der Waals surface area contributed by atoms with Crippen molar-refractivity contribution in [2.24, 2.45) is 10.8 Å². The molecule has 0 aromatic carbocycles. The number of aliphatic hydroxyl groups excluding tert-OH is 2. The first-order chi connectivity index (χ1) is 26.0. The quantitative estimate of drug-likeness (QED) is 0.0637. The summed E-state index contributed by atoms with van der Waals surface area (Å²) in [7, 11) is 0. The minimum Gasteiger partial charge on any atom is -0.449 e. The number of rotatable bonds is 20. The molecule has 2 atom stereocenters. The van der Waals surface area contributed by atoms with Crippen molar-refractivity contribution in [2.75, 3.05) is 46.1 Å². The van der Waals surface area contributed by atoms with E-state index < -0.39 is 102 Å². The average molecular weight is 921 g/mol. The van der Waals surface area contributed by atoms with Gasteiger partial charge in [-0.1, -0.05) is 20.8 Å². The van der Waals surface area contributed by atoms with Crippen molar-refractivity contribution in [1.82, 2.24) is 20.9 Å². The van der Waals surface area contributed by atoms with Crippen molar-refractivity contribution in [3.05, 3.63) is 0 Å². The number of alkyl carbamates (subject to hydrolysis) is 1. The number of ether oxygens (including phenoxy) is 1. The first-order valence-electron chi connectivity index (χ1n) is 16.4. The second-order valence-electron chi connectivity index (χ2n) is 14.7. The molecule has 0 saturated heterocycles. The molecule has 0 spiro atoms. The van der Waals surface area contributed by atoms with Gasteiger partial charge in [0.15, 0.2) is 0 Å². The molecule has 0 bridgehead atoms. The lowest BCUT2D eigenvalue weighted by atomic mass is 9.62. The summed E-state index contributed by atoms with van der Waals surface area (Å²) >= 11 is 0. The molecular formula is C29H37F21N4O5. The average Bonchev–Trinajstić information content (AvgIpc) is 3.04. The molecule has 9 nitrogen and oxygen atoms in total. The van der Waals surface area contributed by atoms with Crippen molar-refractivity contribution in [1.29, 1.82) is 0 Å². The Morgan fingerprint density at radius 1 is 0.627 bits per heavy atom. The highest BCUT2D eigenvalue weighted by Gasteiger charge is 2.97. The Balaban J connectivity index is 3.15. The lowest BCUT2D eigenvalue weighted by molar-refractivity contribution is -0.474. The second-order valence-corrected chi connectivity index (χ2v) is 14.7. The molecule has 350 valence electrons. The molecule has 1 aliphatic carbocycles. The third kappa shape index (κ3) is 10.4. The molecule has 2 unspecified atom stereocenters. The predicted molar refractivity (Wildman–Crippen MR) is 156 cm³/mol. The molecule has 1 aliphatic rings. The molecule has 0 heterocycles. The van der Waals surface area contributed by atoms with Crippen LogP contribution >= 0.6 is 0 Å². The van der Waals surface area contributed by atoms with Crippen LogP contribution in [0.2, 0.25) is 0 Å². The van der Waals surface area contributed by atoms with E-state index in [0.29, 0.717) is 6.42 Å². The van der Waals surface area contributed by atoms with Crippen molar-refractivity contribution in [3.8, 4) is 0 Å². The van der Waals surface area contributed by atoms with E-state index in [1.807, 2.05) is 0 Å². The number of amides is 3. The van der Waals surface area contributed by atoms with E-state index in [9.17, 15) is 102 Å². The van der Waals surface area contributed by atoms with Gasteiger partial charge in [0, 0.05) is 25.7 Å². The number of nitrogens with zero attached hydrogens (tertiary/aromatic N) is 1. The maximum atomic E-state index is 14.3. The van der Waals surface area contributed by atoms with Gasteiger partial charge < -0.3 is 30.9 Å². The number of halogens is 21. The number of hydrogen-bond donors (Lipinski definition) is 5. The number of carbonyl (C=O) groups is 2. The summed E-state index contributed by atoms with van der Waals surface area (Å²) in [4.78, 5) is 26.1. The summed E-state index contributed by atoms with van der Waals surface area (Å²) in [5.74, 6) is -78.1. The Morgan fingerprint density at radius 2 is 1.03 bits per heavy atom. The molecule has 3 amide bonds. The monoisotopic (exact) mass is 920 g/mol. The van der Waals surface area contributed by atoms with Crippen LogP contribution in [0.3, 0.4) is 0 Å². The van der Waals surface area contributed by atoms with Crippen molar-refractivity contribution in [3.63, 3.8) is 0 Å². The van der Waals surface area contributed by atoms with E-state index in [-0.39, 0.29) is 52.4 Å². The smallest absolute Gasteiger partial charge is 0.449 e. The SMILES string of the molecule is CC1(C)CC(NC(=O)OCCC(F)(F)C(F)(F)C(F)(F)C(F)(F)C(F)(F)C(F)(F)C(F)(F)C(F)(F)C(F)(F)C(F)(F)F)CC(C)(CNC(=O)NCN(CCO)CCO)C1. The van der Waals surface area contributed by atoms with Crippen LogP contribution in [0.4, 0.5) is 102 Å². The molecular weight excluding hydrogens is 883 g/mol. The van der Waals surface area contributed by atoms with Gasteiger partial charge in [0.25, 0.3) is 0 Å². The van der Waals surface area contributed by atoms with Gasteiger partial charge >= 0.3 is 71.6 Å². The molecule has 1 saturated carbocycles. The minimum atomic E-state index is -9.27. The lowest BCUT2D eigenvalue weighted by Gasteiger charge is -2.46. The molecule has 30 heteroatoms. The lowest BCUT2D eigenvalue weighted by Crippen LogP contribution is -2.76. The van der Waals surface area contributed by atoms with Gasteiger partial charge in [-0.05, 0) is 30.1 Å². The minimum absolute atomic E-state index is 0.0500. The Morgan fingerprint density at radius 3 is 1.44 bits per heavy atom. The maximum absolute atomic E-state index is 14.3. The molecule has 1 rings (SSSR count). The van der Waals surface area contributed by atoms with Gasteiger partial charge in [0.05, 0.1) is 32.9 Å². The van der Waals surface area contributed by atoms with E-state index in [4.69, 9.17) is 10.2 Å². The van der Waals surface area contributed by atoms with Crippen LogP contribution in [0.25, 0.3) is 0 Å². The van der Waals surface area contributed by atoms with Crippen LogP contribution in [0.5, 0.6) is 0 Å². The fourth-order valence-electron chi connectivity index (χ4n) is 6.19. The van der Waals surface area contributed by atoms with Crippen molar-refractivity contribution in [2.45, 2.75) is 112 Å². The van der Waals surface area contributed by atoms with E-state index in [2.05, 4.69) is 20.7 Å². The Bertz CT molecular complexity index is 1440. The van der Waals surface area contributed by atoms with Gasteiger partial charge in [-0.25, -0.2) is 9.59 Å². The topological polar surface area (TPSA) is 123 Å². The highest BCUT2D eigenvalue weighted by Crippen LogP contribution is 2.66. The van der Waals surface area contributed by atoms with Crippen LogP contribution in [0.1, 0.15) is 46.5 Å². The van der Waals surface area contributed by atoms with Crippen LogP contribution in [-0.2, 0) is 4.74 Å². The first-order valence-corrected chi connectivity index (χ1v) is 16.4. The molecule has 5 N–H and O–H groups in total. The summed E-state index contributed by atoms with van der Waals surface area (Å²) in [6, 6.07) is -1.75. The number of aliphatic hydroxyl groups is 2. The van der Waals surface area contributed by atoms with E-state index >= 15 is 0 Å². The van der Waals surface area contributed by atoms with Gasteiger partial charge in [-0.2, -0.15) is 92.2 Å². The van der Waals surface area contributed by atoms with Gasteiger partial charge in [0.2, 0.25) is 0 Å². The Labute approximate surface area is 319 Å². The van der Waals surface area contributed by atoms with Crippen molar-refractivity contribution < 1.29 is 117 Å². The molecule has 0 radical (unpaired) electrons. The van der Waals surface area contributed by atoms with Crippen LogP contribution < -0.4 is 16.0 Å². The van der Waals surface area contributed by atoms with Crippen LogP contribution in [-0.4, -0.2) is 139 Å². The zero-order valence-electron chi connectivity index (χ0n) is 30.4. The third-order valence-electron chi connectivity index (χ3n) is 8.96. The van der Waals surface area contributed by atoms with Crippen molar-refractivity contribution >= 4 is 12.1 Å². The highest BCUT2D eigenvalue weighted by molar-refractivity contribution is 5.73. The largest absolute Gasteiger partial charge is 0.460 e. The zero-order valence-corrected chi connectivity index (χ0v) is 30.4. The van der Waals surface area contributed by atoms with Crippen LogP contribution in [0, 0.1) is 10.8 Å². The van der Waals surface area contributed by atoms with Gasteiger partial charge in [-0.15, -0.1) is 0 Å². The highest BCUT2D eigenvalue weighted by atomic mass is 19.4. The number of urea groups is 1. The molecule has 0 aromatic heterocycles. The predicted octanol–water partition coefficient (Wildman–Crippen LogP) is 7.51. The summed E-state index contributed by atoms with van der Waals surface area (Å²) in [6.45, 7) is 2.00. The Hall–Kier alpha value is -3.05. The third-order valence-corrected chi connectivity index (χ3v) is 8.96. The van der Waals surface area contributed by atoms with Gasteiger partial charge in [-0.3, -0.25) is 4.90 Å². The standard InChI is InChI=1S/C29H37F21N4O5/c1-18(2)10-15(11-19(3,12-18)13-51-16(57)52-14-54(5-7-55)6-8-56)53-17(58)59-9-4-20(30,31)21(32,33)22(34,35)23(36,37)24(38,39)25(40,41)26(42,43)27(44,45)28(46,47)29(48,49)50/h15,55-56H,4-14H2,1-3H3,(H,53,58)(H2,51,52,57). The normalized spacial score (nSPS) is 20.7. The van der Waals surface area contributed by atoms with E-state index in [1.54, 1.807) is 20.8 Å². The first kappa shape index (κ1) is 54.0. The fourth-order valence-corrected chi connectivity index (χ4v) is 6.19.